The second-order valence-electron chi connectivity index (χ2n) is 6.91. The van der Waals surface area contributed by atoms with Crippen molar-refractivity contribution in [2.45, 2.75) is 90.1 Å². The zero-order chi connectivity index (χ0) is 18.5. The number of unbranched alkanes of at least 4 members (excludes halogenated alkanes) is 5. The van der Waals surface area contributed by atoms with Crippen LogP contribution in [0.5, 0.6) is 0 Å². The fourth-order valence-electron chi connectivity index (χ4n) is 3.39. The molecule has 0 bridgehead atoms. The Morgan fingerprint density at radius 1 is 1.00 bits per heavy atom. The zero-order valence-electron chi connectivity index (χ0n) is 15.4. The molecule has 1 aliphatic carbocycles. The van der Waals surface area contributed by atoms with Crippen LogP contribution in [0.15, 0.2) is 12.2 Å². The lowest BCUT2D eigenvalue weighted by atomic mass is 9.83. The molecule has 0 heterocycles. The standard InChI is InChI=1S/C20H32O5/c1-2-3-4-5-6-10-13-17(21)20(16-11-8-7-9-12-16)25-19(24)15-14-18(22)23/h14-16,20H,2-13H2,1H3,(H,22,23). The van der Waals surface area contributed by atoms with Gasteiger partial charge in [0.25, 0.3) is 0 Å². The minimum absolute atomic E-state index is 0.0144. The van der Waals surface area contributed by atoms with E-state index in [9.17, 15) is 14.4 Å². The van der Waals surface area contributed by atoms with E-state index >= 15 is 0 Å². The van der Waals surface area contributed by atoms with Gasteiger partial charge >= 0.3 is 11.9 Å². The third-order valence-electron chi connectivity index (χ3n) is 4.78. The van der Waals surface area contributed by atoms with E-state index in [1.807, 2.05) is 0 Å². The lowest BCUT2D eigenvalue weighted by Gasteiger charge is -2.28. The summed E-state index contributed by atoms with van der Waals surface area (Å²) in [7, 11) is 0. The lowest BCUT2D eigenvalue weighted by Crippen LogP contribution is -2.35. The van der Waals surface area contributed by atoms with Crippen molar-refractivity contribution >= 4 is 17.7 Å². The first-order valence-corrected chi connectivity index (χ1v) is 9.69. The van der Waals surface area contributed by atoms with Gasteiger partial charge in [-0.3, -0.25) is 4.79 Å². The topological polar surface area (TPSA) is 80.7 Å². The van der Waals surface area contributed by atoms with Crippen LogP contribution in [0, 0.1) is 5.92 Å². The van der Waals surface area contributed by atoms with Crippen molar-refractivity contribution in [1.82, 2.24) is 0 Å². The average Bonchev–Trinajstić information content (AvgIpc) is 2.61. The van der Waals surface area contributed by atoms with Crippen molar-refractivity contribution in [2.24, 2.45) is 5.92 Å². The number of carbonyl (C=O) groups is 3. The predicted molar refractivity (Wildman–Crippen MR) is 96.2 cm³/mol. The molecule has 25 heavy (non-hydrogen) atoms. The maximum atomic E-state index is 12.6. The van der Waals surface area contributed by atoms with Crippen molar-refractivity contribution < 1.29 is 24.2 Å². The summed E-state index contributed by atoms with van der Waals surface area (Å²) in [6.07, 6.45) is 13.0. The van der Waals surface area contributed by atoms with E-state index in [0.29, 0.717) is 6.42 Å². The van der Waals surface area contributed by atoms with Crippen LogP contribution < -0.4 is 0 Å². The SMILES string of the molecule is CCCCCCCCC(=O)C(OC(=O)C=CC(=O)O)C1CCCCC1. The minimum atomic E-state index is -1.20. The maximum Gasteiger partial charge on any atom is 0.331 e. The van der Waals surface area contributed by atoms with Gasteiger partial charge in [0.1, 0.15) is 0 Å². The van der Waals surface area contributed by atoms with Crippen LogP contribution in [0.2, 0.25) is 0 Å². The second kappa shape index (κ2) is 12.7. The van der Waals surface area contributed by atoms with Crippen molar-refractivity contribution in [2.75, 3.05) is 0 Å². The van der Waals surface area contributed by atoms with Gasteiger partial charge in [-0.1, -0.05) is 58.3 Å². The first-order valence-electron chi connectivity index (χ1n) is 9.69. The van der Waals surface area contributed by atoms with E-state index in [2.05, 4.69) is 6.92 Å². The molecule has 1 atom stereocenters. The van der Waals surface area contributed by atoms with Crippen LogP contribution in [-0.2, 0) is 19.1 Å². The minimum Gasteiger partial charge on any atom is -0.478 e. The number of Topliss-reactive ketones (excluding diaryl/α,β-unsaturated/α-hetero) is 1. The first-order chi connectivity index (χ1) is 12.0. The molecule has 0 aromatic rings. The summed E-state index contributed by atoms with van der Waals surface area (Å²) in [5.74, 6) is -1.89. The van der Waals surface area contributed by atoms with E-state index in [0.717, 1.165) is 63.5 Å². The Hall–Kier alpha value is -1.65. The molecule has 0 saturated heterocycles. The van der Waals surface area contributed by atoms with E-state index in [-0.39, 0.29) is 11.7 Å². The van der Waals surface area contributed by atoms with Crippen LogP contribution in [0.4, 0.5) is 0 Å². The molecule has 0 aliphatic heterocycles. The predicted octanol–water partition coefficient (Wildman–Crippen LogP) is 4.44. The molecule has 1 aliphatic rings. The fourth-order valence-corrected chi connectivity index (χ4v) is 3.39. The number of carboxylic acids is 1. The molecule has 0 spiro atoms. The molecule has 0 amide bonds. The molecule has 0 radical (unpaired) electrons. The summed E-state index contributed by atoms with van der Waals surface area (Å²) in [6, 6.07) is 0. The molecule has 5 nitrogen and oxygen atoms in total. The van der Waals surface area contributed by atoms with Gasteiger partial charge in [0.05, 0.1) is 0 Å². The maximum absolute atomic E-state index is 12.6. The number of hydrogen-bond acceptors (Lipinski definition) is 4. The zero-order valence-corrected chi connectivity index (χ0v) is 15.4. The molecule has 1 N–H and O–H groups in total. The van der Waals surface area contributed by atoms with Crippen LogP contribution in [0.1, 0.15) is 84.0 Å². The fraction of sp³-hybridized carbons (Fsp3) is 0.750. The summed E-state index contributed by atoms with van der Waals surface area (Å²) in [6.45, 7) is 2.17. The van der Waals surface area contributed by atoms with E-state index in [1.165, 1.54) is 19.3 Å². The van der Waals surface area contributed by atoms with Gasteiger partial charge in [0.15, 0.2) is 11.9 Å². The number of carbonyl (C=O) groups excluding carboxylic acids is 2. The number of rotatable bonds is 12. The van der Waals surface area contributed by atoms with Gasteiger partial charge in [-0.25, -0.2) is 9.59 Å². The quantitative estimate of drug-likeness (QED) is 0.319. The monoisotopic (exact) mass is 352 g/mol. The van der Waals surface area contributed by atoms with Crippen LogP contribution in [-0.4, -0.2) is 28.9 Å². The third-order valence-corrected chi connectivity index (χ3v) is 4.78. The van der Waals surface area contributed by atoms with Gasteiger partial charge in [0.2, 0.25) is 0 Å². The normalized spacial score (nSPS) is 16.7. The largest absolute Gasteiger partial charge is 0.478 e. The number of carboxylic acid groups (broad SMARTS) is 1. The summed E-state index contributed by atoms with van der Waals surface area (Å²) < 4.78 is 5.36. The van der Waals surface area contributed by atoms with E-state index in [1.54, 1.807) is 0 Å². The smallest absolute Gasteiger partial charge is 0.331 e. The Balaban J connectivity index is 2.52. The highest BCUT2D eigenvalue weighted by Crippen LogP contribution is 2.29. The molecule has 0 aromatic carbocycles. The highest BCUT2D eigenvalue weighted by molar-refractivity contribution is 5.93. The molecule has 1 unspecified atom stereocenters. The number of aliphatic carboxylic acids is 1. The number of ketones is 1. The van der Waals surface area contributed by atoms with Crippen molar-refractivity contribution in [1.29, 1.82) is 0 Å². The summed E-state index contributed by atoms with van der Waals surface area (Å²) in [4.78, 5) is 34.9. The molecular weight excluding hydrogens is 320 g/mol. The lowest BCUT2D eigenvalue weighted by molar-refractivity contribution is -0.155. The summed E-state index contributed by atoms with van der Waals surface area (Å²) in [5, 5.41) is 8.60. The number of hydrogen-bond donors (Lipinski definition) is 1. The van der Waals surface area contributed by atoms with Gasteiger partial charge in [0, 0.05) is 24.5 Å². The molecule has 1 rings (SSSR count). The Kier molecular flexibility index (Phi) is 10.8. The van der Waals surface area contributed by atoms with Gasteiger partial charge in [-0.05, 0) is 19.3 Å². The third kappa shape index (κ3) is 9.42. The molecule has 1 saturated carbocycles. The number of esters is 1. The van der Waals surface area contributed by atoms with Crippen molar-refractivity contribution in [3.05, 3.63) is 12.2 Å². The highest BCUT2D eigenvalue weighted by atomic mass is 16.5. The van der Waals surface area contributed by atoms with Gasteiger partial charge < -0.3 is 9.84 Å². The molecule has 142 valence electrons. The van der Waals surface area contributed by atoms with Crippen molar-refractivity contribution in [3.63, 3.8) is 0 Å². The van der Waals surface area contributed by atoms with Gasteiger partial charge in [-0.15, -0.1) is 0 Å². The molecule has 1 fully saturated rings. The first kappa shape index (κ1) is 21.4. The summed E-state index contributed by atoms with van der Waals surface area (Å²) >= 11 is 0. The molecular formula is C20H32O5. The molecule has 0 aromatic heterocycles. The Morgan fingerprint density at radius 3 is 2.28 bits per heavy atom. The van der Waals surface area contributed by atoms with Crippen molar-refractivity contribution in [3.8, 4) is 0 Å². The van der Waals surface area contributed by atoms with Crippen LogP contribution in [0.25, 0.3) is 0 Å². The Bertz CT molecular complexity index is 449. The van der Waals surface area contributed by atoms with Crippen LogP contribution >= 0.6 is 0 Å². The average molecular weight is 352 g/mol. The van der Waals surface area contributed by atoms with Gasteiger partial charge in [-0.2, -0.15) is 0 Å². The molecule has 5 heteroatoms. The van der Waals surface area contributed by atoms with Crippen LogP contribution in [0.3, 0.4) is 0 Å². The second-order valence-corrected chi connectivity index (χ2v) is 6.91. The Labute approximate surface area is 150 Å². The summed E-state index contributed by atoms with van der Waals surface area (Å²) in [5.41, 5.74) is 0. The highest BCUT2D eigenvalue weighted by Gasteiger charge is 2.31. The van der Waals surface area contributed by atoms with E-state index in [4.69, 9.17) is 9.84 Å². The Morgan fingerprint density at radius 2 is 1.64 bits per heavy atom. The van der Waals surface area contributed by atoms with E-state index < -0.39 is 18.0 Å². The number of ether oxygens (including phenoxy) is 1.